The molecule has 96 valence electrons. The van der Waals surface area contributed by atoms with Gasteiger partial charge < -0.3 is 9.47 Å². The Morgan fingerprint density at radius 2 is 2.06 bits per heavy atom. The minimum absolute atomic E-state index is 0.0814. The first kappa shape index (κ1) is 15.5. The van der Waals surface area contributed by atoms with Crippen molar-refractivity contribution in [3.63, 3.8) is 0 Å². The third kappa shape index (κ3) is 8.81. The topological polar surface area (TPSA) is 71.1 Å². The summed E-state index contributed by atoms with van der Waals surface area (Å²) in [5, 5.41) is 0. The zero-order valence-electron chi connectivity index (χ0n) is 9.55. The van der Waals surface area contributed by atoms with Crippen molar-refractivity contribution in [3.05, 3.63) is 12.7 Å². The molecule has 0 bridgehead atoms. The summed E-state index contributed by atoms with van der Waals surface area (Å²) in [4.78, 5) is 0. The largest absolute Gasteiger partial charge is 0.399 e. The Bertz CT molecular complexity index is 274. The fourth-order valence-corrected chi connectivity index (χ4v) is 1.17. The molecule has 6 nitrogen and oxygen atoms in total. The first-order valence-corrected chi connectivity index (χ1v) is 6.10. The molecule has 0 aromatic carbocycles. The van der Waals surface area contributed by atoms with Crippen molar-refractivity contribution in [2.75, 3.05) is 33.5 Å². The molecule has 0 N–H and O–H groups in total. The molecule has 7 heteroatoms. The standard InChI is InChI=1S/C9H18O6S/c1-4-5-13-8-9(2)14-6-7-15-16(10,11)12-3/h4,9H,1,5-8H2,2-3H3. The SMILES string of the molecule is C=CCOCC(C)OCCOS(=O)(=O)OC. The quantitative estimate of drug-likeness (QED) is 0.417. The van der Waals surface area contributed by atoms with Crippen molar-refractivity contribution < 1.29 is 26.3 Å². The molecule has 0 fully saturated rings. The van der Waals surface area contributed by atoms with Gasteiger partial charge in [-0.25, -0.2) is 4.18 Å². The molecule has 1 atom stereocenters. The summed E-state index contributed by atoms with van der Waals surface area (Å²) in [7, 11) is -2.83. The van der Waals surface area contributed by atoms with Gasteiger partial charge in [0.2, 0.25) is 0 Å². The van der Waals surface area contributed by atoms with E-state index in [4.69, 9.17) is 9.47 Å². The maximum Gasteiger partial charge on any atom is 0.399 e. The third-order valence-corrected chi connectivity index (χ3v) is 2.37. The van der Waals surface area contributed by atoms with Crippen LogP contribution in [0.4, 0.5) is 0 Å². The lowest BCUT2D eigenvalue weighted by Gasteiger charge is -2.12. The molecule has 0 saturated carbocycles. The maximum absolute atomic E-state index is 10.7. The Balaban J connectivity index is 3.47. The van der Waals surface area contributed by atoms with Crippen LogP contribution >= 0.6 is 0 Å². The number of ether oxygens (including phenoxy) is 2. The van der Waals surface area contributed by atoms with Crippen molar-refractivity contribution >= 4 is 10.4 Å². The van der Waals surface area contributed by atoms with Gasteiger partial charge in [0.1, 0.15) is 0 Å². The normalized spacial score (nSPS) is 13.6. The summed E-state index contributed by atoms with van der Waals surface area (Å²) in [5.74, 6) is 0. The minimum Gasteiger partial charge on any atom is -0.375 e. The highest BCUT2D eigenvalue weighted by Crippen LogP contribution is 1.96. The molecule has 0 radical (unpaired) electrons. The van der Waals surface area contributed by atoms with Crippen molar-refractivity contribution in [2.24, 2.45) is 0 Å². The second-order valence-electron chi connectivity index (χ2n) is 2.90. The average Bonchev–Trinajstić information content (AvgIpc) is 2.25. The first-order valence-electron chi connectivity index (χ1n) is 4.77. The van der Waals surface area contributed by atoms with E-state index in [9.17, 15) is 8.42 Å². The fourth-order valence-electron chi connectivity index (χ4n) is 0.799. The van der Waals surface area contributed by atoms with Crippen LogP contribution in [0.25, 0.3) is 0 Å². The molecule has 0 aliphatic rings. The van der Waals surface area contributed by atoms with Crippen LogP contribution in [-0.4, -0.2) is 48.1 Å². The number of hydrogen-bond donors (Lipinski definition) is 0. The van der Waals surface area contributed by atoms with Crippen LogP contribution in [0.1, 0.15) is 6.92 Å². The lowest BCUT2D eigenvalue weighted by molar-refractivity contribution is -0.0101. The van der Waals surface area contributed by atoms with Gasteiger partial charge in [0.25, 0.3) is 0 Å². The van der Waals surface area contributed by atoms with E-state index in [0.717, 1.165) is 7.11 Å². The Kier molecular flexibility index (Phi) is 8.40. The molecule has 0 aromatic rings. The van der Waals surface area contributed by atoms with E-state index in [2.05, 4.69) is 14.9 Å². The highest BCUT2D eigenvalue weighted by Gasteiger charge is 2.09. The molecule has 0 heterocycles. The summed E-state index contributed by atoms with van der Waals surface area (Å²) in [6, 6.07) is 0. The molecule has 0 spiro atoms. The second kappa shape index (κ2) is 8.66. The third-order valence-electron chi connectivity index (χ3n) is 1.51. The zero-order chi connectivity index (χ0) is 12.4. The van der Waals surface area contributed by atoms with Crippen molar-refractivity contribution in [1.82, 2.24) is 0 Å². The molecule has 0 aliphatic heterocycles. The van der Waals surface area contributed by atoms with E-state index < -0.39 is 10.4 Å². The van der Waals surface area contributed by atoms with Gasteiger partial charge in [-0.2, -0.15) is 8.42 Å². The Morgan fingerprint density at radius 1 is 1.38 bits per heavy atom. The molecule has 0 amide bonds. The molecule has 0 aromatic heterocycles. The number of rotatable bonds is 10. The van der Waals surface area contributed by atoms with Gasteiger partial charge in [0.05, 0.1) is 39.6 Å². The molecule has 0 saturated heterocycles. The smallest absolute Gasteiger partial charge is 0.375 e. The Hall–Kier alpha value is -0.470. The highest BCUT2D eigenvalue weighted by atomic mass is 32.3. The van der Waals surface area contributed by atoms with Crippen molar-refractivity contribution in [2.45, 2.75) is 13.0 Å². The van der Waals surface area contributed by atoms with E-state index in [1.54, 1.807) is 6.08 Å². The van der Waals surface area contributed by atoms with Gasteiger partial charge in [-0.1, -0.05) is 6.08 Å². The lowest BCUT2D eigenvalue weighted by atomic mass is 10.4. The average molecular weight is 254 g/mol. The van der Waals surface area contributed by atoms with Crippen molar-refractivity contribution in [3.8, 4) is 0 Å². The van der Waals surface area contributed by atoms with E-state index in [1.165, 1.54) is 0 Å². The van der Waals surface area contributed by atoms with Crippen LogP contribution in [-0.2, 0) is 28.2 Å². The predicted molar refractivity (Wildman–Crippen MR) is 58.3 cm³/mol. The van der Waals surface area contributed by atoms with Gasteiger partial charge in [0.15, 0.2) is 0 Å². The van der Waals surface area contributed by atoms with Crippen LogP contribution in [0, 0.1) is 0 Å². The van der Waals surface area contributed by atoms with Crippen LogP contribution in [0.5, 0.6) is 0 Å². The molecule has 0 rings (SSSR count). The van der Waals surface area contributed by atoms with E-state index in [-0.39, 0.29) is 19.3 Å². The summed E-state index contributed by atoms with van der Waals surface area (Å²) < 4.78 is 40.3. The van der Waals surface area contributed by atoms with Gasteiger partial charge in [-0.3, -0.25) is 4.18 Å². The Labute approximate surface area is 96.5 Å². The summed E-state index contributed by atoms with van der Waals surface area (Å²) in [6.07, 6.45) is 1.51. The fraction of sp³-hybridized carbons (Fsp3) is 0.778. The molecule has 1 unspecified atom stereocenters. The van der Waals surface area contributed by atoms with Crippen LogP contribution in [0.2, 0.25) is 0 Å². The Morgan fingerprint density at radius 3 is 2.62 bits per heavy atom. The number of hydrogen-bond acceptors (Lipinski definition) is 6. The van der Waals surface area contributed by atoms with Crippen LogP contribution in [0.3, 0.4) is 0 Å². The molecular weight excluding hydrogens is 236 g/mol. The van der Waals surface area contributed by atoms with Crippen molar-refractivity contribution in [1.29, 1.82) is 0 Å². The van der Waals surface area contributed by atoms with E-state index >= 15 is 0 Å². The highest BCUT2D eigenvalue weighted by molar-refractivity contribution is 7.81. The van der Waals surface area contributed by atoms with Gasteiger partial charge in [-0.15, -0.1) is 6.58 Å². The maximum atomic E-state index is 10.7. The summed E-state index contributed by atoms with van der Waals surface area (Å²) in [5.41, 5.74) is 0. The lowest BCUT2D eigenvalue weighted by Crippen LogP contribution is -2.20. The first-order chi connectivity index (χ1) is 7.52. The van der Waals surface area contributed by atoms with E-state index in [1.807, 2.05) is 6.92 Å². The van der Waals surface area contributed by atoms with Gasteiger partial charge in [0, 0.05) is 0 Å². The summed E-state index contributed by atoms with van der Waals surface area (Å²) in [6.45, 7) is 6.27. The zero-order valence-corrected chi connectivity index (χ0v) is 10.4. The van der Waals surface area contributed by atoms with Crippen LogP contribution < -0.4 is 0 Å². The van der Waals surface area contributed by atoms with Crippen LogP contribution in [0.15, 0.2) is 12.7 Å². The molecule has 16 heavy (non-hydrogen) atoms. The van der Waals surface area contributed by atoms with Gasteiger partial charge in [-0.05, 0) is 6.92 Å². The molecular formula is C9H18O6S. The monoisotopic (exact) mass is 254 g/mol. The van der Waals surface area contributed by atoms with E-state index in [0.29, 0.717) is 13.2 Å². The second-order valence-corrected chi connectivity index (χ2v) is 4.29. The van der Waals surface area contributed by atoms with Gasteiger partial charge >= 0.3 is 10.4 Å². The molecule has 0 aliphatic carbocycles. The summed E-state index contributed by atoms with van der Waals surface area (Å²) >= 11 is 0. The predicted octanol–water partition coefficient (Wildman–Crippen LogP) is 0.502. The minimum atomic E-state index is -3.86.